The average molecular weight is 189 g/mol. The van der Waals surface area contributed by atoms with Gasteiger partial charge >= 0.3 is 0 Å². The molecular weight excluding hydrogens is 170 g/mol. The molecule has 0 fully saturated rings. The first kappa shape index (κ1) is 11.0. The molecule has 0 bridgehead atoms. The van der Waals surface area contributed by atoms with Gasteiger partial charge in [-0.2, -0.15) is 0 Å². The van der Waals surface area contributed by atoms with Crippen molar-refractivity contribution in [1.82, 2.24) is 5.32 Å². The van der Waals surface area contributed by atoms with E-state index in [2.05, 4.69) is 43.1 Å². The lowest BCUT2D eigenvalue weighted by molar-refractivity contribution is 0.574. The van der Waals surface area contributed by atoms with Crippen molar-refractivity contribution in [3.63, 3.8) is 0 Å². The number of benzene rings is 1. The van der Waals surface area contributed by atoms with E-state index in [0.29, 0.717) is 6.04 Å². The normalized spacial score (nSPS) is 12.4. The molecule has 14 heavy (non-hydrogen) atoms. The first-order valence-electron chi connectivity index (χ1n) is 5.14. The molecule has 0 aliphatic heterocycles. The van der Waals surface area contributed by atoms with Crippen LogP contribution >= 0.6 is 0 Å². The van der Waals surface area contributed by atoms with Crippen molar-refractivity contribution in [3.8, 4) is 0 Å². The lowest BCUT2D eigenvalue weighted by Crippen LogP contribution is -2.20. The SMILES string of the molecule is C=C(CCC(C)NC)c1ccccc1. The maximum absolute atomic E-state index is 4.10. The first-order valence-corrected chi connectivity index (χ1v) is 5.14. The molecule has 1 rings (SSSR count). The van der Waals surface area contributed by atoms with Gasteiger partial charge in [0.2, 0.25) is 0 Å². The van der Waals surface area contributed by atoms with Crippen molar-refractivity contribution in [1.29, 1.82) is 0 Å². The van der Waals surface area contributed by atoms with Crippen LogP contribution < -0.4 is 5.32 Å². The standard InChI is InChI=1S/C13H19N/c1-11(9-10-12(2)14-3)13-7-5-4-6-8-13/h4-8,12,14H,1,9-10H2,2-3H3. The van der Waals surface area contributed by atoms with E-state index in [1.54, 1.807) is 0 Å². The molecule has 0 amide bonds. The summed E-state index contributed by atoms with van der Waals surface area (Å²) in [6.07, 6.45) is 2.20. The Bertz CT molecular complexity index is 277. The van der Waals surface area contributed by atoms with Crippen molar-refractivity contribution in [3.05, 3.63) is 42.5 Å². The summed E-state index contributed by atoms with van der Waals surface area (Å²) < 4.78 is 0. The number of hydrogen-bond acceptors (Lipinski definition) is 1. The van der Waals surface area contributed by atoms with Crippen molar-refractivity contribution in [2.24, 2.45) is 0 Å². The van der Waals surface area contributed by atoms with Crippen LogP contribution in [0, 0.1) is 0 Å². The van der Waals surface area contributed by atoms with Gasteiger partial charge < -0.3 is 5.32 Å². The van der Waals surface area contributed by atoms with Crippen LogP contribution in [0.5, 0.6) is 0 Å². The minimum Gasteiger partial charge on any atom is -0.317 e. The lowest BCUT2D eigenvalue weighted by Gasteiger charge is -2.11. The third kappa shape index (κ3) is 3.35. The fraction of sp³-hybridized carbons (Fsp3) is 0.385. The summed E-state index contributed by atoms with van der Waals surface area (Å²) in [5.41, 5.74) is 2.49. The van der Waals surface area contributed by atoms with Crippen LogP contribution in [0.1, 0.15) is 25.3 Å². The van der Waals surface area contributed by atoms with Gasteiger partial charge in [0.15, 0.2) is 0 Å². The predicted octanol–water partition coefficient (Wildman–Crippen LogP) is 3.09. The van der Waals surface area contributed by atoms with Gasteiger partial charge in [0.1, 0.15) is 0 Å². The van der Waals surface area contributed by atoms with Gasteiger partial charge in [-0.3, -0.25) is 0 Å². The van der Waals surface area contributed by atoms with Gasteiger partial charge in [0.25, 0.3) is 0 Å². The average Bonchev–Trinajstić information content (AvgIpc) is 2.26. The fourth-order valence-corrected chi connectivity index (χ4v) is 1.35. The topological polar surface area (TPSA) is 12.0 Å². The van der Waals surface area contributed by atoms with Gasteiger partial charge in [-0.05, 0) is 37.9 Å². The summed E-state index contributed by atoms with van der Waals surface area (Å²) in [7, 11) is 2.00. The zero-order valence-electron chi connectivity index (χ0n) is 9.09. The second-order valence-corrected chi connectivity index (χ2v) is 3.70. The van der Waals surface area contributed by atoms with Gasteiger partial charge in [-0.15, -0.1) is 0 Å². The summed E-state index contributed by atoms with van der Waals surface area (Å²) in [6, 6.07) is 10.9. The molecule has 1 aromatic rings. The Labute approximate surface area is 86.8 Å². The second-order valence-electron chi connectivity index (χ2n) is 3.70. The molecule has 0 aliphatic carbocycles. The van der Waals surface area contributed by atoms with Gasteiger partial charge in [-0.25, -0.2) is 0 Å². The molecule has 0 heterocycles. The monoisotopic (exact) mass is 189 g/mol. The zero-order valence-corrected chi connectivity index (χ0v) is 9.09. The highest BCUT2D eigenvalue weighted by Gasteiger charge is 2.01. The maximum atomic E-state index is 4.10. The van der Waals surface area contributed by atoms with Crippen LogP contribution in [0.2, 0.25) is 0 Å². The second kappa shape index (κ2) is 5.61. The summed E-state index contributed by atoms with van der Waals surface area (Å²) in [5.74, 6) is 0. The molecule has 1 atom stereocenters. The van der Waals surface area contributed by atoms with E-state index in [1.807, 2.05) is 13.1 Å². The lowest BCUT2D eigenvalue weighted by atomic mass is 10.0. The minimum absolute atomic E-state index is 0.565. The van der Waals surface area contributed by atoms with Crippen molar-refractivity contribution in [2.45, 2.75) is 25.8 Å². The van der Waals surface area contributed by atoms with Crippen LogP contribution in [-0.2, 0) is 0 Å². The third-order valence-electron chi connectivity index (χ3n) is 2.55. The Morgan fingerprint density at radius 1 is 1.36 bits per heavy atom. The van der Waals surface area contributed by atoms with Gasteiger partial charge in [0.05, 0.1) is 0 Å². The highest BCUT2D eigenvalue weighted by Crippen LogP contribution is 2.17. The van der Waals surface area contributed by atoms with Crippen molar-refractivity contribution < 1.29 is 0 Å². The van der Waals surface area contributed by atoms with E-state index in [-0.39, 0.29) is 0 Å². The van der Waals surface area contributed by atoms with Crippen LogP contribution in [0.4, 0.5) is 0 Å². The molecule has 0 saturated carbocycles. The highest BCUT2D eigenvalue weighted by atomic mass is 14.8. The molecular formula is C13H19N. The van der Waals surface area contributed by atoms with E-state index in [0.717, 1.165) is 12.8 Å². The van der Waals surface area contributed by atoms with Crippen LogP contribution in [0.25, 0.3) is 5.57 Å². The van der Waals surface area contributed by atoms with Crippen LogP contribution in [0.3, 0.4) is 0 Å². The molecule has 76 valence electrons. The van der Waals surface area contributed by atoms with E-state index < -0.39 is 0 Å². The van der Waals surface area contributed by atoms with Gasteiger partial charge in [-0.1, -0.05) is 36.9 Å². The number of hydrogen-bond donors (Lipinski definition) is 1. The van der Waals surface area contributed by atoms with Gasteiger partial charge in [0, 0.05) is 6.04 Å². The van der Waals surface area contributed by atoms with E-state index >= 15 is 0 Å². The predicted molar refractivity (Wildman–Crippen MR) is 63.2 cm³/mol. The molecule has 1 unspecified atom stereocenters. The number of nitrogens with one attached hydrogen (secondary N) is 1. The van der Waals surface area contributed by atoms with E-state index in [9.17, 15) is 0 Å². The Morgan fingerprint density at radius 2 is 2.00 bits per heavy atom. The van der Waals surface area contributed by atoms with Crippen molar-refractivity contribution in [2.75, 3.05) is 7.05 Å². The minimum atomic E-state index is 0.565. The summed E-state index contributed by atoms with van der Waals surface area (Å²) in [4.78, 5) is 0. The summed E-state index contributed by atoms with van der Waals surface area (Å²) >= 11 is 0. The van der Waals surface area contributed by atoms with E-state index in [4.69, 9.17) is 0 Å². The molecule has 1 heteroatoms. The number of allylic oxidation sites excluding steroid dienone is 1. The third-order valence-corrected chi connectivity index (χ3v) is 2.55. The smallest absolute Gasteiger partial charge is 0.00388 e. The molecule has 0 saturated heterocycles. The summed E-state index contributed by atoms with van der Waals surface area (Å²) in [5, 5.41) is 3.23. The van der Waals surface area contributed by atoms with Crippen molar-refractivity contribution >= 4 is 5.57 Å². The van der Waals surface area contributed by atoms with E-state index in [1.165, 1.54) is 11.1 Å². The number of rotatable bonds is 5. The Hall–Kier alpha value is -1.08. The van der Waals surface area contributed by atoms with Crippen LogP contribution in [0.15, 0.2) is 36.9 Å². The summed E-state index contributed by atoms with van der Waals surface area (Å²) in [6.45, 7) is 6.30. The fourth-order valence-electron chi connectivity index (χ4n) is 1.35. The molecule has 0 spiro atoms. The molecule has 0 aliphatic rings. The highest BCUT2D eigenvalue weighted by molar-refractivity contribution is 5.62. The Kier molecular flexibility index (Phi) is 4.41. The maximum Gasteiger partial charge on any atom is 0.00388 e. The Balaban J connectivity index is 2.44. The quantitative estimate of drug-likeness (QED) is 0.750. The molecule has 0 aromatic heterocycles. The Morgan fingerprint density at radius 3 is 2.57 bits per heavy atom. The first-order chi connectivity index (χ1) is 6.74. The zero-order chi connectivity index (χ0) is 10.4. The van der Waals surface area contributed by atoms with Crippen LogP contribution in [-0.4, -0.2) is 13.1 Å². The molecule has 1 nitrogen and oxygen atoms in total. The largest absolute Gasteiger partial charge is 0.317 e. The molecule has 1 aromatic carbocycles. The molecule has 0 radical (unpaired) electrons. The molecule has 1 N–H and O–H groups in total.